The highest BCUT2D eigenvalue weighted by molar-refractivity contribution is 6.34. The first kappa shape index (κ1) is 16.5. The molecule has 0 saturated carbocycles. The van der Waals surface area contributed by atoms with Crippen LogP contribution in [-0.4, -0.2) is 35.1 Å². The van der Waals surface area contributed by atoms with E-state index < -0.39 is 12.0 Å². The second-order valence-electron chi connectivity index (χ2n) is 4.76. The van der Waals surface area contributed by atoms with Gasteiger partial charge in [0.25, 0.3) is 5.91 Å². The van der Waals surface area contributed by atoms with E-state index >= 15 is 0 Å². The summed E-state index contributed by atoms with van der Waals surface area (Å²) in [6.45, 7) is 0. The lowest BCUT2D eigenvalue weighted by atomic mass is 10.1. The SMILES string of the molecule is CN(C)c1ncc(NC(=O)[C@@H](O)c2cc(Cl)cc(Cl)c2)cn1. The monoisotopic (exact) mass is 340 g/mol. The van der Waals surface area contributed by atoms with Crippen molar-refractivity contribution in [1.82, 2.24) is 9.97 Å². The summed E-state index contributed by atoms with van der Waals surface area (Å²) >= 11 is 11.7. The maximum absolute atomic E-state index is 12.0. The normalized spacial score (nSPS) is 11.9. The van der Waals surface area contributed by atoms with Crippen molar-refractivity contribution in [2.24, 2.45) is 0 Å². The third kappa shape index (κ3) is 4.07. The van der Waals surface area contributed by atoms with Crippen LogP contribution in [0.15, 0.2) is 30.6 Å². The largest absolute Gasteiger partial charge is 0.378 e. The van der Waals surface area contributed by atoms with Gasteiger partial charge in [0.15, 0.2) is 6.10 Å². The Balaban J connectivity index is 2.10. The van der Waals surface area contributed by atoms with Crippen molar-refractivity contribution in [1.29, 1.82) is 0 Å². The van der Waals surface area contributed by atoms with Crippen molar-refractivity contribution in [3.8, 4) is 0 Å². The maximum Gasteiger partial charge on any atom is 0.257 e. The van der Waals surface area contributed by atoms with E-state index in [1.807, 2.05) is 0 Å². The Kier molecular flexibility index (Phi) is 5.18. The van der Waals surface area contributed by atoms with Crippen LogP contribution in [0, 0.1) is 0 Å². The Bertz CT molecular complexity index is 657. The summed E-state index contributed by atoms with van der Waals surface area (Å²) in [6.07, 6.45) is 1.51. The smallest absolute Gasteiger partial charge is 0.257 e. The highest BCUT2D eigenvalue weighted by Crippen LogP contribution is 2.24. The summed E-state index contributed by atoms with van der Waals surface area (Å²) in [5.74, 6) is -0.111. The fourth-order valence-corrected chi connectivity index (χ4v) is 2.25. The molecule has 1 amide bonds. The molecule has 1 atom stereocenters. The van der Waals surface area contributed by atoms with Crippen LogP contribution in [0.4, 0.5) is 11.6 Å². The summed E-state index contributed by atoms with van der Waals surface area (Å²) in [4.78, 5) is 21.9. The second kappa shape index (κ2) is 6.91. The molecule has 22 heavy (non-hydrogen) atoms. The van der Waals surface area contributed by atoms with Crippen molar-refractivity contribution >= 4 is 40.7 Å². The Morgan fingerprint density at radius 3 is 2.23 bits per heavy atom. The number of amides is 1. The molecule has 0 aliphatic heterocycles. The first-order valence-corrected chi connectivity index (χ1v) is 7.06. The summed E-state index contributed by atoms with van der Waals surface area (Å²) in [5.41, 5.74) is 0.684. The Labute approximate surface area is 137 Å². The third-order valence-electron chi connectivity index (χ3n) is 2.75. The number of anilines is 2. The van der Waals surface area contributed by atoms with Gasteiger partial charge in [-0.3, -0.25) is 4.79 Å². The average Bonchev–Trinajstić information content (AvgIpc) is 2.46. The van der Waals surface area contributed by atoms with E-state index in [-0.39, 0.29) is 0 Å². The number of nitrogens with one attached hydrogen (secondary N) is 1. The molecule has 2 N–H and O–H groups in total. The molecule has 0 unspecified atom stereocenters. The molecular formula is C14H14Cl2N4O2. The molecule has 1 aromatic heterocycles. The Morgan fingerprint density at radius 1 is 1.18 bits per heavy atom. The molecule has 1 heterocycles. The minimum absolute atomic E-state index is 0.306. The fraction of sp³-hybridized carbons (Fsp3) is 0.214. The van der Waals surface area contributed by atoms with Crippen LogP contribution in [0.25, 0.3) is 0 Å². The summed E-state index contributed by atoms with van der Waals surface area (Å²) < 4.78 is 0. The number of aromatic nitrogens is 2. The molecule has 2 rings (SSSR count). The van der Waals surface area contributed by atoms with Crippen LogP contribution in [0.5, 0.6) is 0 Å². The molecule has 0 aliphatic rings. The summed E-state index contributed by atoms with van der Waals surface area (Å²) in [5, 5.41) is 13.3. The lowest BCUT2D eigenvalue weighted by Gasteiger charge is -2.13. The number of carbonyl (C=O) groups excluding carboxylic acids is 1. The zero-order valence-electron chi connectivity index (χ0n) is 11.9. The van der Waals surface area contributed by atoms with Crippen molar-refractivity contribution in [3.05, 3.63) is 46.2 Å². The molecule has 0 fully saturated rings. The van der Waals surface area contributed by atoms with Gasteiger partial charge in [-0.25, -0.2) is 9.97 Å². The number of hydrogen-bond donors (Lipinski definition) is 2. The summed E-state index contributed by atoms with van der Waals surface area (Å²) in [6, 6.07) is 4.47. The lowest BCUT2D eigenvalue weighted by molar-refractivity contribution is -0.124. The number of aliphatic hydroxyl groups excluding tert-OH is 1. The summed E-state index contributed by atoms with van der Waals surface area (Å²) in [7, 11) is 3.61. The van der Waals surface area contributed by atoms with Crippen LogP contribution in [-0.2, 0) is 4.79 Å². The number of rotatable bonds is 4. The Hall–Kier alpha value is -1.89. The average molecular weight is 341 g/mol. The zero-order valence-corrected chi connectivity index (χ0v) is 13.4. The van der Waals surface area contributed by atoms with E-state index in [0.29, 0.717) is 27.2 Å². The van der Waals surface area contributed by atoms with Gasteiger partial charge in [0.05, 0.1) is 18.1 Å². The van der Waals surface area contributed by atoms with Gasteiger partial charge in [0.1, 0.15) is 0 Å². The van der Waals surface area contributed by atoms with Crippen LogP contribution < -0.4 is 10.2 Å². The number of halogens is 2. The van der Waals surface area contributed by atoms with E-state index in [2.05, 4.69) is 15.3 Å². The number of aliphatic hydroxyl groups is 1. The minimum atomic E-state index is -1.40. The molecule has 0 spiro atoms. The standard InChI is InChI=1S/C14H14Cl2N4O2/c1-20(2)14-17-6-11(7-18-14)19-13(22)12(21)8-3-9(15)5-10(16)4-8/h3-7,12,21H,1-2H3,(H,19,22)/t12-/m0/s1. The van der Waals surface area contributed by atoms with Crippen molar-refractivity contribution in [2.75, 3.05) is 24.3 Å². The Morgan fingerprint density at radius 2 is 1.73 bits per heavy atom. The van der Waals surface area contributed by atoms with Crippen molar-refractivity contribution in [2.45, 2.75) is 6.10 Å². The lowest BCUT2D eigenvalue weighted by Crippen LogP contribution is -2.21. The van der Waals surface area contributed by atoms with Crippen LogP contribution in [0.3, 0.4) is 0 Å². The second-order valence-corrected chi connectivity index (χ2v) is 5.63. The van der Waals surface area contributed by atoms with Gasteiger partial charge in [-0.2, -0.15) is 0 Å². The molecule has 8 heteroatoms. The van der Waals surface area contributed by atoms with Gasteiger partial charge in [-0.1, -0.05) is 23.2 Å². The number of nitrogens with zero attached hydrogens (tertiary/aromatic N) is 3. The van der Waals surface area contributed by atoms with Crippen molar-refractivity contribution < 1.29 is 9.90 Å². The predicted molar refractivity (Wildman–Crippen MR) is 86.4 cm³/mol. The van der Waals surface area contributed by atoms with E-state index in [9.17, 15) is 9.90 Å². The molecule has 6 nitrogen and oxygen atoms in total. The highest BCUT2D eigenvalue weighted by atomic mass is 35.5. The number of carbonyl (C=O) groups is 1. The van der Waals surface area contributed by atoms with Crippen LogP contribution in [0.1, 0.15) is 11.7 Å². The van der Waals surface area contributed by atoms with E-state index in [4.69, 9.17) is 23.2 Å². The van der Waals surface area contributed by atoms with Gasteiger partial charge in [0.2, 0.25) is 5.95 Å². The maximum atomic E-state index is 12.0. The van der Waals surface area contributed by atoms with E-state index in [1.165, 1.54) is 30.6 Å². The van der Waals surface area contributed by atoms with Crippen LogP contribution in [0.2, 0.25) is 10.0 Å². The predicted octanol–water partition coefficient (Wildman–Crippen LogP) is 2.52. The quantitative estimate of drug-likeness (QED) is 0.894. The molecule has 116 valence electrons. The molecule has 0 saturated heterocycles. The van der Waals surface area contributed by atoms with Crippen molar-refractivity contribution in [3.63, 3.8) is 0 Å². The first-order valence-electron chi connectivity index (χ1n) is 6.31. The van der Waals surface area contributed by atoms with Crippen LogP contribution >= 0.6 is 23.2 Å². The van der Waals surface area contributed by atoms with Gasteiger partial charge < -0.3 is 15.3 Å². The molecule has 1 aromatic carbocycles. The van der Waals surface area contributed by atoms with Gasteiger partial charge in [-0.15, -0.1) is 0 Å². The number of benzene rings is 1. The van der Waals surface area contributed by atoms with Gasteiger partial charge in [-0.05, 0) is 23.8 Å². The van der Waals surface area contributed by atoms with E-state index in [1.54, 1.807) is 19.0 Å². The fourth-order valence-electron chi connectivity index (χ4n) is 1.71. The number of hydrogen-bond acceptors (Lipinski definition) is 5. The molecular weight excluding hydrogens is 327 g/mol. The molecule has 0 bridgehead atoms. The minimum Gasteiger partial charge on any atom is -0.378 e. The molecule has 0 radical (unpaired) electrons. The molecule has 2 aromatic rings. The molecule has 0 aliphatic carbocycles. The third-order valence-corrected chi connectivity index (χ3v) is 3.19. The van der Waals surface area contributed by atoms with Gasteiger partial charge in [0, 0.05) is 24.1 Å². The highest BCUT2D eigenvalue weighted by Gasteiger charge is 2.19. The first-order chi connectivity index (χ1) is 10.4. The topological polar surface area (TPSA) is 78.4 Å². The van der Waals surface area contributed by atoms with E-state index in [0.717, 1.165) is 0 Å². The zero-order chi connectivity index (χ0) is 16.3. The van der Waals surface area contributed by atoms with Gasteiger partial charge >= 0.3 is 0 Å².